The van der Waals surface area contributed by atoms with Crippen LogP contribution in [-0.4, -0.2) is 51.5 Å². The van der Waals surface area contributed by atoms with Gasteiger partial charge in [-0.3, -0.25) is 14.4 Å². The van der Waals surface area contributed by atoms with Crippen molar-refractivity contribution in [2.24, 2.45) is 0 Å². The van der Waals surface area contributed by atoms with Crippen LogP contribution in [0.4, 0.5) is 0 Å². The highest BCUT2D eigenvalue weighted by atomic mass is 17.4. The highest BCUT2D eigenvalue weighted by Gasteiger charge is 2.18. The summed E-state index contributed by atoms with van der Waals surface area (Å²) in [6, 6.07) is 17.1. The second-order valence-electron chi connectivity index (χ2n) is 7.35. The first-order valence-electron chi connectivity index (χ1n) is 11.9. The molecule has 37 heavy (non-hydrogen) atoms. The topological polar surface area (TPSA) is 145 Å². The molecule has 0 saturated heterocycles. The van der Waals surface area contributed by atoms with Gasteiger partial charge in [0.05, 0.1) is 5.69 Å². The molecule has 2 N–H and O–H groups in total. The molecule has 1 aromatic carbocycles. The number of fused-ring (bicyclic) bond motifs is 2. The Bertz CT molecular complexity index is 1230. The normalized spacial score (nSPS) is 13.4. The van der Waals surface area contributed by atoms with E-state index < -0.39 is 0 Å². The van der Waals surface area contributed by atoms with Gasteiger partial charge in [0.2, 0.25) is 11.8 Å². The molecule has 0 amide bonds. The average molecular weight is 510 g/mol. The lowest BCUT2D eigenvalue weighted by molar-refractivity contribution is -0.465. The van der Waals surface area contributed by atoms with E-state index in [0.29, 0.717) is 43.5 Å². The largest absolute Gasteiger partial charge is 0.469 e. The smallest absolute Gasteiger partial charge is 0.218 e. The van der Waals surface area contributed by atoms with Crippen LogP contribution in [0.25, 0.3) is 12.2 Å². The molecule has 0 aliphatic carbocycles. The van der Waals surface area contributed by atoms with Crippen molar-refractivity contribution in [3.05, 3.63) is 82.7 Å². The van der Waals surface area contributed by atoms with E-state index in [-0.39, 0.29) is 24.8 Å². The third-order valence-corrected chi connectivity index (χ3v) is 4.80. The quantitative estimate of drug-likeness (QED) is 0.300. The number of ketones is 2. The van der Waals surface area contributed by atoms with E-state index in [0.717, 1.165) is 22.4 Å². The van der Waals surface area contributed by atoms with E-state index in [9.17, 15) is 14.4 Å². The van der Waals surface area contributed by atoms with E-state index in [1.54, 1.807) is 19.1 Å². The molecule has 2 aliphatic rings. The van der Waals surface area contributed by atoms with Crippen LogP contribution in [0.2, 0.25) is 0 Å². The predicted molar refractivity (Wildman–Crippen MR) is 135 cm³/mol. The van der Waals surface area contributed by atoms with Crippen molar-refractivity contribution in [1.82, 2.24) is 9.97 Å². The number of hydrogen-bond donors (Lipinski definition) is 2. The molecule has 0 bridgehead atoms. The number of nitrogens with zero attached hydrogens (tertiary/aromatic N) is 2. The SMILES string of the molecule is O=C1COc2nc(/C=C/c3ccccc3)ccc2C1.O=Cc1ccc2c(n1)OCC(=O)C2.OOO.[2H]CC. The molecular formula is C27H28N2O8. The third-order valence-electron chi connectivity index (χ3n) is 4.80. The van der Waals surface area contributed by atoms with E-state index in [1.807, 2.05) is 54.6 Å². The van der Waals surface area contributed by atoms with Crippen molar-refractivity contribution in [2.45, 2.75) is 26.7 Å². The lowest BCUT2D eigenvalue weighted by Gasteiger charge is -2.15. The Morgan fingerprint density at radius 1 is 0.838 bits per heavy atom. The number of ether oxygens (including phenoxy) is 2. The lowest BCUT2D eigenvalue weighted by atomic mass is 10.1. The molecule has 0 spiro atoms. The minimum absolute atomic E-state index is 0.0353. The number of hydrogen-bond acceptors (Lipinski definition) is 10. The molecule has 0 atom stereocenters. The van der Waals surface area contributed by atoms with Gasteiger partial charge in [0, 0.05) is 25.3 Å². The fourth-order valence-electron chi connectivity index (χ4n) is 3.22. The van der Waals surface area contributed by atoms with Gasteiger partial charge in [0.25, 0.3) is 0 Å². The van der Waals surface area contributed by atoms with Crippen LogP contribution >= 0.6 is 0 Å². The van der Waals surface area contributed by atoms with Gasteiger partial charge in [-0.15, -0.1) is 0 Å². The maximum absolute atomic E-state index is 11.3. The van der Waals surface area contributed by atoms with Crippen molar-refractivity contribution in [1.29, 1.82) is 0 Å². The molecular weight excluding hydrogens is 480 g/mol. The first kappa shape index (κ1) is 27.3. The zero-order valence-corrected chi connectivity index (χ0v) is 20.2. The van der Waals surface area contributed by atoms with Crippen molar-refractivity contribution in [3.8, 4) is 11.8 Å². The van der Waals surface area contributed by atoms with Gasteiger partial charge in [-0.25, -0.2) is 20.5 Å². The van der Waals surface area contributed by atoms with E-state index in [2.05, 4.69) is 15.0 Å². The van der Waals surface area contributed by atoms with Crippen LogP contribution in [-0.2, 0) is 27.5 Å². The average Bonchev–Trinajstić information content (AvgIpc) is 2.93. The predicted octanol–water partition coefficient (Wildman–Crippen LogP) is 4.13. The number of carbonyl (C=O) groups excluding carboxylic acids is 3. The first-order valence-corrected chi connectivity index (χ1v) is 11.1. The number of aromatic nitrogens is 2. The van der Waals surface area contributed by atoms with Crippen LogP contribution in [0.1, 0.15) is 48.1 Å². The first-order chi connectivity index (χ1) is 18.4. The molecule has 3 aromatic rings. The summed E-state index contributed by atoms with van der Waals surface area (Å²) in [6.45, 7) is 2.48. The molecule has 0 unspecified atom stereocenters. The van der Waals surface area contributed by atoms with Gasteiger partial charge in [-0.2, -0.15) is 0 Å². The van der Waals surface area contributed by atoms with Gasteiger partial charge in [-0.05, 0) is 23.8 Å². The van der Waals surface area contributed by atoms with Gasteiger partial charge in [0.1, 0.15) is 18.9 Å². The van der Waals surface area contributed by atoms with Gasteiger partial charge >= 0.3 is 0 Å². The Morgan fingerprint density at radius 2 is 1.32 bits per heavy atom. The molecule has 10 heteroatoms. The molecule has 10 nitrogen and oxygen atoms in total. The highest BCUT2D eigenvalue weighted by Crippen LogP contribution is 2.22. The number of rotatable bonds is 3. The maximum atomic E-state index is 11.3. The summed E-state index contributed by atoms with van der Waals surface area (Å²) >= 11 is 0. The van der Waals surface area contributed by atoms with E-state index in [1.165, 1.54) is 0 Å². The fourth-order valence-corrected chi connectivity index (χ4v) is 3.22. The maximum Gasteiger partial charge on any atom is 0.218 e. The Kier molecular flexibility index (Phi) is 11.6. The number of pyridine rings is 2. The van der Waals surface area contributed by atoms with Gasteiger partial charge in [0.15, 0.2) is 17.9 Å². The minimum atomic E-state index is 0.0353. The number of Topliss-reactive ketones (excluding diaryl/α,β-unsaturated/α-hetero) is 2. The molecule has 2 aliphatic heterocycles. The summed E-state index contributed by atoms with van der Waals surface area (Å²) in [5.41, 5.74) is 3.90. The Labute approximate surface area is 215 Å². The molecule has 4 heterocycles. The van der Waals surface area contributed by atoms with Crippen LogP contribution in [0.3, 0.4) is 0 Å². The molecule has 5 rings (SSSR count). The summed E-state index contributed by atoms with van der Waals surface area (Å²) in [6.07, 6.45) is 5.37. The molecule has 2 aromatic heterocycles. The number of carbonyl (C=O) groups is 3. The third kappa shape index (κ3) is 9.37. The summed E-state index contributed by atoms with van der Waals surface area (Å²) in [4.78, 5) is 40.9. The number of benzene rings is 1. The molecule has 194 valence electrons. The fraction of sp³-hybridized carbons (Fsp3) is 0.222. The van der Waals surface area contributed by atoms with Crippen molar-refractivity contribution in [2.75, 3.05) is 13.2 Å². The summed E-state index contributed by atoms with van der Waals surface area (Å²) in [7, 11) is 0. The second kappa shape index (κ2) is 15.7. The highest BCUT2D eigenvalue weighted by molar-refractivity contribution is 5.85. The van der Waals surface area contributed by atoms with Crippen LogP contribution in [0.15, 0.2) is 54.6 Å². The van der Waals surface area contributed by atoms with Crippen LogP contribution < -0.4 is 9.47 Å². The lowest BCUT2D eigenvalue weighted by Crippen LogP contribution is -2.21. The zero-order valence-electron chi connectivity index (χ0n) is 21.2. The summed E-state index contributed by atoms with van der Waals surface area (Å²) < 4.78 is 16.6. The van der Waals surface area contributed by atoms with Crippen molar-refractivity contribution < 1.29 is 40.8 Å². The second-order valence-corrected chi connectivity index (χ2v) is 7.35. The van der Waals surface area contributed by atoms with Gasteiger partial charge < -0.3 is 9.47 Å². The minimum Gasteiger partial charge on any atom is -0.469 e. The van der Waals surface area contributed by atoms with Crippen LogP contribution in [0, 0.1) is 0 Å². The van der Waals surface area contributed by atoms with E-state index >= 15 is 0 Å². The Hall–Kier alpha value is -4.25. The standard InChI is InChI=1S/C16H13NO2.C9H7NO3.C2H6.H2O3/c18-15-10-13-7-9-14(17-16(13)19-11-15)8-6-12-4-2-1-3-5-12;11-4-7-2-1-6-3-8(12)5-13-9(6)10-7;1-2;1-3-2/h1-9H,10-11H2;1-2,4H,3,5H2;1-2H3;1-2H/b8-6+;;;/i;;1D;. The molecule has 0 radical (unpaired) electrons. The Morgan fingerprint density at radius 3 is 1.84 bits per heavy atom. The molecule has 0 saturated carbocycles. The van der Waals surface area contributed by atoms with Crippen molar-refractivity contribution in [3.63, 3.8) is 0 Å². The van der Waals surface area contributed by atoms with E-state index in [4.69, 9.17) is 21.4 Å². The Balaban J connectivity index is 0.000000231. The molecule has 0 fully saturated rings. The zero-order chi connectivity index (χ0) is 27.8. The van der Waals surface area contributed by atoms with Gasteiger partial charge in [-0.1, -0.05) is 67.4 Å². The monoisotopic (exact) mass is 509 g/mol. The van der Waals surface area contributed by atoms with Crippen LogP contribution in [0.5, 0.6) is 11.8 Å². The summed E-state index contributed by atoms with van der Waals surface area (Å²) in [5, 5.41) is 15.5. The summed E-state index contributed by atoms with van der Waals surface area (Å²) in [5.74, 6) is 1.12. The van der Waals surface area contributed by atoms with Crippen molar-refractivity contribution >= 4 is 30.0 Å². The number of aldehydes is 1.